The quantitative estimate of drug-likeness (QED) is 0.620. The monoisotopic (exact) mass is 141 g/mol. The Morgan fingerprint density at radius 3 is 2.40 bits per heavy atom. The molecule has 1 nitrogen and oxygen atoms in total. The fourth-order valence-corrected chi connectivity index (χ4v) is 1.62. The molecule has 2 unspecified atom stereocenters. The van der Waals surface area contributed by atoms with Crippen LogP contribution in [0.5, 0.6) is 0 Å². The first-order valence-corrected chi connectivity index (χ1v) is 4.45. The second-order valence-electron chi connectivity index (χ2n) is 3.81. The van der Waals surface area contributed by atoms with E-state index in [0.717, 1.165) is 17.9 Å². The molecule has 0 aromatic rings. The Kier molecular flexibility index (Phi) is 2.72. The summed E-state index contributed by atoms with van der Waals surface area (Å²) >= 11 is 0. The molecule has 1 heterocycles. The second kappa shape index (κ2) is 3.38. The van der Waals surface area contributed by atoms with Gasteiger partial charge in [0.1, 0.15) is 0 Å². The fraction of sp³-hybridized carbons (Fsp3) is 1.00. The van der Waals surface area contributed by atoms with E-state index in [-0.39, 0.29) is 0 Å². The summed E-state index contributed by atoms with van der Waals surface area (Å²) in [6, 6.07) is 0.806. The number of hydrogen-bond acceptors (Lipinski definition) is 1. The van der Waals surface area contributed by atoms with E-state index in [1.54, 1.807) is 0 Å². The highest BCUT2D eigenvalue weighted by molar-refractivity contribution is 4.80. The zero-order valence-corrected chi connectivity index (χ0v) is 7.35. The Morgan fingerprint density at radius 2 is 2.00 bits per heavy atom. The number of hydrogen-bond donors (Lipinski definition) is 1. The summed E-state index contributed by atoms with van der Waals surface area (Å²) in [6.07, 6.45) is 2.76. The van der Waals surface area contributed by atoms with Crippen LogP contribution >= 0.6 is 0 Å². The summed E-state index contributed by atoms with van der Waals surface area (Å²) < 4.78 is 0. The molecule has 0 aliphatic carbocycles. The SMILES string of the molecule is CC(C)C(C)C1CCCN1. The molecule has 0 saturated carbocycles. The van der Waals surface area contributed by atoms with Crippen LogP contribution in [0.15, 0.2) is 0 Å². The summed E-state index contributed by atoms with van der Waals surface area (Å²) in [6.45, 7) is 8.21. The molecule has 0 amide bonds. The highest BCUT2D eigenvalue weighted by Gasteiger charge is 2.22. The molecule has 0 bridgehead atoms. The van der Waals surface area contributed by atoms with Crippen LogP contribution in [0.4, 0.5) is 0 Å². The van der Waals surface area contributed by atoms with E-state index < -0.39 is 0 Å². The van der Waals surface area contributed by atoms with Gasteiger partial charge in [-0.1, -0.05) is 20.8 Å². The molecule has 2 atom stereocenters. The predicted octanol–water partition coefficient (Wildman–Crippen LogP) is 2.03. The second-order valence-corrected chi connectivity index (χ2v) is 3.81. The molecule has 1 aliphatic heterocycles. The Balaban J connectivity index is 2.32. The van der Waals surface area contributed by atoms with E-state index in [1.165, 1.54) is 19.4 Å². The van der Waals surface area contributed by atoms with Crippen molar-refractivity contribution in [1.29, 1.82) is 0 Å². The maximum atomic E-state index is 3.54. The Hall–Kier alpha value is -0.0400. The molecule has 1 heteroatoms. The zero-order chi connectivity index (χ0) is 7.56. The average Bonchev–Trinajstić information content (AvgIpc) is 2.36. The van der Waals surface area contributed by atoms with Gasteiger partial charge in [-0.2, -0.15) is 0 Å². The van der Waals surface area contributed by atoms with Crippen molar-refractivity contribution in [2.45, 2.75) is 39.7 Å². The lowest BCUT2D eigenvalue weighted by atomic mass is 9.90. The molecule has 1 fully saturated rings. The summed E-state index contributed by atoms with van der Waals surface area (Å²) in [7, 11) is 0. The van der Waals surface area contributed by atoms with Gasteiger partial charge in [0, 0.05) is 6.04 Å². The normalized spacial score (nSPS) is 29.4. The third-order valence-electron chi connectivity index (χ3n) is 2.78. The van der Waals surface area contributed by atoms with Crippen LogP contribution in [-0.4, -0.2) is 12.6 Å². The van der Waals surface area contributed by atoms with Crippen molar-refractivity contribution < 1.29 is 0 Å². The van der Waals surface area contributed by atoms with Crippen LogP contribution in [0.2, 0.25) is 0 Å². The van der Waals surface area contributed by atoms with Crippen LogP contribution in [0.1, 0.15) is 33.6 Å². The highest BCUT2D eigenvalue weighted by Crippen LogP contribution is 2.20. The van der Waals surface area contributed by atoms with E-state index in [2.05, 4.69) is 26.1 Å². The predicted molar refractivity (Wildman–Crippen MR) is 45.0 cm³/mol. The van der Waals surface area contributed by atoms with Gasteiger partial charge in [0.2, 0.25) is 0 Å². The fourth-order valence-electron chi connectivity index (χ4n) is 1.62. The summed E-state index contributed by atoms with van der Waals surface area (Å²) in [5.74, 6) is 1.68. The molecule has 1 aliphatic rings. The van der Waals surface area contributed by atoms with Gasteiger partial charge in [-0.3, -0.25) is 0 Å². The molecule has 0 aromatic carbocycles. The average molecular weight is 141 g/mol. The molecule has 1 saturated heterocycles. The van der Waals surface area contributed by atoms with E-state index in [9.17, 15) is 0 Å². The molecule has 0 aromatic heterocycles. The van der Waals surface area contributed by atoms with E-state index in [0.29, 0.717) is 0 Å². The van der Waals surface area contributed by atoms with Gasteiger partial charge in [0.05, 0.1) is 0 Å². The zero-order valence-electron chi connectivity index (χ0n) is 7.35. The molecule has 10 heavy (non-hydrogen) atoms. The Morgan fingerprint density at radius 1 is 1.30 bits per heavy atom. The molecular weight excluding hydrogens is 122 g/mol. The van der Waals surface area contributed by atoms with E-state index in [4.69, 9.17) is 0 Å². The number of nitrogens with one attached hydrogen (secondary N) is 1. The third kappa shape index (κ3) is 1.72. The largest absolute Gasteiger partial charge is 0.314 e. The molecule has 1 rings (SSSR count). The minimum Gasteiger partial charge on any atom is -0.314 e. The van der Waals surface area contributed by atoms with Crippen molar-refractivity contribution >= 4 is 0 Å². The van der Waals surface area contributed by atoms with Crippen molar-refractivity contribution in [3.63, 3.8) is 0 Å². The van der Waals surface area contributed by atoms with Gasteiger partial charge in [-0.15, -0.1) is 0 Å². The minimum absolute atomic E-state index is 0.806. The lowest BCUT2D eigenvalue weighted by molar-refractivity contribution is 0.324. The molecule has 0 radical (unpaired) electrons. The highest BCUT2D eigenvalue weighted by atomic mass is 14.9. The van der Waals surface area contributed by atoms with Gasteiger partial charge in [-0.05, 0) is 31.2 Å². The van der Waals surface area contributed by atoms with Crippen LogP contribution in [0.25, 0.3) is 0 Å². The summed E-state index contributed by atoms with van der Waals surface area (Å²) in [5.41, 5.74) is 0. The van der Waals surface area contributed by atoms with Crippen LogP contribution in [0.3, 0.4) is 0 Å². The van der Waals surface area contributed by atoms with E-state index >= 15 is 0 Å². The van der Waals surface area contributed by atoms with Crippen molar-refractivity contribution in [2.75, 3.05) is 6.54 Å². The van der Waals surface area contributed by atoms with Crippen LogP contribution in [-0.2, 0) is 0 Å². The molecule has 60 valence electrons. The Bertz CT molecular complexity index is 92.9. The van der Waals surface area contributed by atoms with Crippen molar-refractivity contribution in [3.8, 4) is 0 Å². The van der Waals surface area contributed by atoms with Crippen LogP contribution < -0.4 is 5.32 Å². The lowest BCUT2D eigenvalue weighted by Gasteiger charge is -2.22. The third-order valence-corrected chi connectivity index (χ3v) is 2.78. The maximum Gasteiger partial charge on any atom is 0.00956 e. The van der Waals surface area contributed by atoms with Crippen LogP contribution in [0, 0.1) is 11.8 Å². The molecular formula is C9H19N. The minimum atomic E-state index is 0.806. The first kappa shape index (κ1) is 8.06. The van der Waals surface area contributed by atoms with Crippen molar-refractivity contribution in [3.05, 3.63) is 0 Å². The standard InChI is InChI=1S/C9H19N/c1-7(2)8(3)9-5-4-6-10-9/h7-10H,4-6H2,1-3H3. The summed E-state index contributed by atoms with van der Waals surface area (Å²) in [4.78, 5) is 0. The maximum absolute atomic E-state index is 3.54. The van der Waals surface area contributed by atoms with Gasteiger partial charge in [0.25, 0.3) is 0 Å². The first-order valence-electron chi connectivity index (χ1n) is 4.45. The lowest BCUT2D eigenvalue weighted by Crippen LogP contribution is -2.31. The summed E-state index contributed by atoms with van der Waals surface area (Å²) in [5, 5.41) is 3.54. The topological polar surface area (TPSA) is 12.0 Å². The molecule has 0 spiro atoms. The van der Waals surface area contributed by atoms with E-state index in [1.807, 2.05) is 0 Å². The van der Waals surface area contributed by atoms with Gasteiger partial charge < -0.3 is 5.32 Å². The first-order chi connectivity index (χ1) is 4.72. The van der Waals surface area contributed by atoms with Gasteiger partial charge in [-0.25, -0.2) is 0 Å². The number of rotatable bonds is 2. The Labute approximate surface area is 64.2 Å². The van der Waals surface area contributed by atoms with Crippen molar-refractivity contribution in [2.24, 2.45) is 11.8 Å². The smallest absolute Gasteiger partial charge is 0.00956 e. The van der Waals surface area contributed by atoms with Crippen molar-refractivity contribution in [1.82, 2.24) is 5.32 Å². The molecule has 1 N–H and O–H groups in total. The van der Waals surface area contributed by atoms with Gasteiger partial charge >= 0.3 is 0 Å². The van der Waals surface area contributed by atoms with Gasteiger partial charge in [0.15, 0.2) is 0 Å².